The van der Waals surface area contributed by atoms with Crippen LogP contribution >= 0.6 is 0 Å². The van der Waals surface area contributed by atoms with Gasteiger partial charge < -0.3 is 10.1 Å². The topological polar surface area (TPSA) is 38.3 Å². The average molecular weight is 245 g/mol. The van der Waals surface area contributed by atoms with Crippen molar-refractivity contribution in [3.63, 3.8) is 0 Å². The second-order valence-electron chi connectivity index (χ2n) is 5.43. The lowest BCUT2D eigenvalue weighted by molar-refractivity contribution is -0.148. The highest BCUT2D eigenvalue weighted by Crippen LogP contribution is 2.40. The SMILES string of the molecule is Cc1ccc(C23CCCCC2OCC(=O)N3)cc1. The zero-order valence-corrected chi connectivity index (χ0v) is 10.7. The summed E-state index contributed by atoms with van der Waals surface area (Å²) in [7, 11) is 0. The molecular formula is C15H19NO2. The Hall–Kier alpha value is -1.35. The van der Waals surface area contributed by atoms with Crippen molar-refractivity contribution in [3.8, 4) is 0 Å². The number of carbonyl (C=O) groups excluding carboxylic acids is 1. The minimum atomic E-state index is -0.290. The molecule has 2 unspecified atom stereocenters. The molecule has 1 aliphatic heterocycles. The van der Waals surface area contributed by atoms with Crippen LogP contribution in [0.2, 0.25) is 0 Å². The fourth-order valence-corrected chi connectivity index (χ4v) is 3.22. The number of carbonyl (C=O) groups is 1. The van der Waals surface area contributed by atoms with Gasteiger partial charge in [0.05, 0.1) is 11.6 Å². The van der Waals surface area contributed by atoms with Crippen LogP contribution < -0.4 is 5.32 Å². The molecule has 96 valence electrons. The number of morpholine rings is 1. The molecule has 1 N–H and O–H groups in total. The van der Waals surface area contributed by atoms with E-state index in [2.05, 4.69) is 36.5 Å². The molecule has 2 fully saturated rings. The molecule has 3 heteroatoms. The molecule has 0 aromatic heterocycles. The Morgan fingerprint density at radius 1 is 1.28 bits per heavy atom. The second kappa shape index (κ2) is 4.39. The third-order valence-corrected chi connectivity index (χ3v) is 4.18. The van der Waals surface area contributed by atoms with Crippen LogP contribution in [0.4, 0.5) is 0 Å². The molecule has 1 saturated heterocycles. The number of benzene rings is 1. The highest BCUT2D eigenvalue weighted by Gasteiger charge is 2.46. The Bertz CT molecular complexity index is 454. The average Bonchev–Trinajstić information content (AvgIpc) is 2.39. The van der Waals surface area contributed by atoms with Gasteiger partial charge in [-0.1, -0.05) is 42.7 Å². The molecule has 1 aliphatic carbocycles. The van der Waals surface area contributed by atoms with Crippen molar-refractivity contribution in [1.82, 2.24) is 5.32 Å². The summed E-state index contributed by atoms with van der Waals surface area (Å²) >= 11 is 0. The minimum absolute atomic E-state index is 0.00808. The number of aryl methyl sites for hydroxylation is 1. The molecule has 2 atom stereocenters. The Morgan fingerprint density at radius 2 is 2.06 bits per heavy atom. The summed E-state index contributed by atoms with van der Waals surface area (Å²) in [4.78, 5) is 11.7. The lowest BCUT2D eigenvalue weighted by atomic mass is 9.73. The highest BCUT2D eigenvalue weighted by atomic mass is 16.5. The smallest absolute Gasteiger partial charge is 0.246 e. The van der Waals surface area contributed by atoms with Gasteiger partial charge >= 0.3 is 0 Å². The molecule has 3 nitrogen and oxygen atoms in total. The van der Waals surface area contributed by atoms with Crippen molar-refractivity contribution in [2.75, 3.05) is 6.61 Å². The van der Waals surface area contributed by atoms with Gasteiger partial charge in [0.25, 0.3) is 0 Å². The maximum Gasteiger partial charge on any atom is 0.246 e. The van der Waals surface area contributed by atoms with E-state index < -0.39 is 0 Å². The van der Waals surface area contributed by atoms with E-state index in [1.807, 2.05) is 0 Å². The molecule has 18 heavy (non-hydrogen) atoms. The normalized spacial score (nSPS) is 31.6. The molecule has 0 bridgehead atoms. The molecule has 3 rings (SSSR count). The third-order valence-electron chi connectivity index (χ3n) is 4.18. The fourth-order valence-electron chi connectivity index (χ4n) is 3.22. The summed E-state index contributed by atoms with van der Waals surface area (Å²) in [5.74, 6) is 0.00808. The summed E-state index contributed by atoms with van der Waals surface area (Å²) in [6.07, 6.45) is 4.48. The van der Waals surface area contributed by atoms with Crippen LogP contribution in [0.3, 0.4) is 0 Å². The van der Waals surface area contributed by atoms with Gasteiger partial charge in [0.15, 0.2) is 0 Å². The number of fused-ring (bicyclic) bond motifs is 1. The lowest BCUT2D eigenvalue weighted by Crippen LogP contribution is -2.61. The first-order chi connectivity index (χ1) is 8.71. The van der Waals surface area contributed by atoms with E-state index in [1.54, 1.807) is 0 Å². The highest BCUT2D eigenvalue weighted by molar-refractivity contribution is 5.79. The third kappa shape index (κ3) is 1.83. The first-order valence-corrected chi connectivity index (χ1v) is 6.70. The molecule has 1 amide bonds. The van der Waals surface area contributed by atoms with Gasteiger partial charge in [-0.25, -0.2) is 0 Å². The molecule has 0 radical (unpaired) electrons. The van der Waals surface area contributed by atoms with Crippen LogP contribution in [0.15, 0.2) is 24.3 Å². The van der Waals surface area contributed by atoms with Crippen LogP contribution in [0.1, 0.15) is 36.8 Å². The summed E-state index contributed by atoms with van der Waals surface area (Å²) < 4.78 is 5.77. The number of ether oxygens (including phenoxy) is 1. The molecule has 1 aromatic carbocycles. The predicted octanol–water partition coefficient (Wildman–Crippen LogP) is 2.28. The van der Waals surface area contributed by atoms with Crippen molar-refractivity contribution < 1.29 is 9.53 Å². The molecule has 1 saturated carbocycles. The molecule has 0 spiro atoms. The second-order valence-corrected chi connectivity index (χ2v) is 5.43. The summed E-state index contributed by atoms with van der Waals surface area (Å²) in [6.45, 7) is 2.29. The Kier molecular flexibility index (Phi) is 2.86. The van der Waals surface area contributed by atoms with Gasteiger partial charge in [-0.05, 0) is 25.3 Å². The summed E-state index contributed by atoms with van der Waals surface area (Å²) in [5, 5.41) is 3.20. The zero-order valence-electron chi connectivity index (χ0n) is 10.7. The van der Waals surface area contributed by atoms with Gasteiger partial charge in [0.1, 0.15) is 6.61 Å². The first-order valence-electron chi connectivity index (χ1n) is 6.70. The van der Waals surface area contributed by atoms with Crippen molar-refractivity contribution in [1.29, 1.82) is 0 Å². The van der Waals surface area contributed by atoms with Crippen molar-refractivity contribution >= 4 is 5.91 Å². The number of hydrogen-bond acceptors (Lipinski definition) is 2. The molecular weight excluding hydrogens is 226 g/mol. The molecule has 1 aromatic rings. The standard InChI is InChI=1S/C15H19NO2/c1-11-5-7-12(8-6-11)15-9-3-2-4-13(15)18-10-14(17)16-15/h5-8,13H,2-4,9-10H2,1H3,(H,16,17). The van der Waals surface area contributed by atoms with Crippen LogP contribution in [0.5, 0.6) is 0 Å². The maximum atomic E-state index is 11.7. The molecule has 2 aliphatic rings. The van der Waals surface area contributed by atoms with Gasteiger partial charge in [0.2, 0.25) is 5.91 Å². The predicted molar refractivity (Wildman–Crippen MR) is 69.2 cm³/mol. The van der Waals surface area contributed by atoms with Crippen LogP contribution in [0.25, 0.3) is 0 Å². The van der Waals surface area contributed by atoms with E-state index in [0.29, 0.717) is 0 Å². The Balaban J connectivity index is 2.01. The minimum Gasteiger partial charge on any atom is -0.366 e. The fraction of sp³-hybridized carbons (Fsp3) is 0.533. The van der Waals surface area contributed by atoms with E-state index >= 15 is 0 Å². The van der Waals surface area contributed by atoms with Crippen molar-refractivity contribution in [2.45, 2.75) is 44.2 Å². The van der Waals surface area contributed by atoms with Crippen molar-refractivity contribution in [2.24, 2.45) is 0 Å². The summed E-state index contributed by atoms with van der Waals surface area (Å²) in [5.41, 5.74) is 2.14. The number of nitrogens with one attached hydrogen (secondary N) is 1. The lowest BCUT2D eigenvalue weighted by Gasteiger charge is -2.47. The first kappa shape index (κ1) is 11.7. The van der Waals surface area contributed by atoms with Gasteiger partial charge in [-0.3, -0.25) is 4.79 Å². The monoisotopic (exact) mass is 245 g/mol. The molecule has 1 heterocycles. The van der Waals surface area contributed by atoms with Crippen molar-refractivity contribution in [3.05, 3.63) is 35.4 Å². The Morgan fingerprint density at radius 3 is 2.83 bits per heavy atom. The Labute approximate surface area is 108 Å². The van der Waals surface area contributed by atoms with Gasteiger partial charge in [-0.15, -0.1) is 0 Å². The van der Waals surface area contributed by atoms with E-state index in [-0.39, 0.29) is 24.2 Å². The van der Waals surface area contributed by atoms with E-state index in [1.165, 1.54) is 17.5 Å². The number of rotatable bonds is 1. The van der Waals surface area contributed by atoms with Crippen LogP contribution in [0, 0.1) is 6.92 Å². The number of amides is 1. The zero-order chi connectivity index (χ0) is 12.6. The van der Waals surface area contributed by atoms with Crippen LogP contribution in [-0.2, 0) is 15.1 Å². The summed E-state index contributed by atoms with van der Waals surface area (Å²) in [6, 6.07) is 8.47. The van der Waals surface area contributed by atoms with Gasteiger partial charge in [0, 0.05) is 0 Å². The quantitative estimate of drug-likeness (QED) is 0.824. The number of hydrogen-bond donors (Lipinski definition) is 1. The largest absolute Gasteiger partial charge is 0.366 e. The van der Waals surface area contributed by atoms with Gasteiger partial charge in [-0.2, -0.15) is 0 Å². The maximum absolute atomic E-state index is 11.7. The van der Waals surface area contributed by atoms with E-state index in [0.717, 1.165) is 19.3 Å². The van der Waals surface area contributed by atoms with E-state index in [9.17, 15) is 4.79 Å². The van der Waals surface area contributed by atoms with E-state index in [4.69, 9.17) is 4.74 Å². The van der Waals surface area contributed by atoms with Crippen LogP contribution in [-0.4, -0.2) is 18.6 Å².